The fraction of sp³-hybridized carbons (Fsp3) is 0.310. The second-order valence-electron chi connectivity index (χ2n) is 10.4. The number of hydrogen-bond acceptors (Lipinski definition) is 8. The van der Waals surface area contributed by atoms with Crippen LogP contribution in [0.15, 0.2) is 48.9 Å². The van der Waals surface area contributed by atoms with Crippen molar-refractivity contribution >= 4 is 44.5 Å². The molecule has 4 N–H and O–H groups in total. The van der Waals surface area contributed by atoms with E-state index in [1.165, 1.54) is 13.2 Å². The monoisotopic (exact) mass is 627 g/mol. The summed E-state index contributed by atoms with van der Waals surface area (Å²) in [6.45, 7) is 3.07. The minimum Gasteiger partial charge on any atom is -0.480 e. The van der Waals surface area contributed by atoms with Gasteiger partial charge in [-0.1, -0.05) is 6.92 Å². The van der Waals surface area contributed by atoms with Crippen molar-refractivity contribution in [3.05, 3.63) is 71.7 Å². The summed E-state index contributed by atoms with van der Waals surface area (Å²) in [7, 11) is -2.83. The number of halogens is 2. The lowest BCUT2D eigenvalue weighted by Crippen LogP contribution is -2.44. The largest absolute Gasteiger partial charge is 0.480 e. The summed E-state index contributed by atoms with van der Waals surface area (Å²) >= 11 is 0. The summed E-state index contributed by atoms with van der Waals surface area (Å²) in [5.74, 6) is -3.57. The summed E-state index contributed by atoms with van der Waals surface area (Å²) in [5, 5.41) is 12.2. The van der Waals surface area contributed by atoms with Crippen LogP contribution in [0.25, 0.3) is 22.2 Å². The lowest BCUT2D eigenvalue weighted by Gasteiger charge is -2.33. The van der Waals surface area contributed by atoms with Gasteiger partial charge in [-0.25, -0.2) is 18.7 Å². The maximum Gasteiger partial charge on any atom is 0.317 e. The minimum atomic E-state index is -4.12. The number of anilines is 2. The van der Waals surface area contributed by atoms with Gasteiger partial charge in [0.15, 0.2) is 5.82 Å². The van der Waals surface area contributed by atoms with Crippen LogP contribution in [0.5, 0.6) is 0 Å². The molecule has 0 saturated carbocycles. The number of ketones is 1. The lowest BCUT2D eigenvalue weighted by atomic mass is 10.00. The first-order valence-electron chi connectivity index (χ1n) is 13.9. The number of pyridine rings is 2. The van der Waals surface area contributed by atoms with Crippen molar-refractivity contribution in [2.75, 3.05) is 42.8 Å². The molecule has 0 amide bonds. The summed E-state index contributed by atoms with van der Waals surface area (Å²) in [6, 6.07) is 7.28. The molecule has 0 unspecified atom stereocenters. The third-order valence-corrected chi connectivity index (χ3v) is 9.19. The number of nitrogens with zero attached hydrogens (tertiary/aromatic N) is 4. The van der Waals surface area contributed by atoms with Crippen molar-refractivity contribution < 1.29 is 31.9 Å². The Morgan fingerprint density at radius 2 is 1.84 bits per heavy atom. The molecule has 1 saturated heterocycles. The average Bonchev–Trinajstić information content (AvgIpc) is 3.45. The average molecular weight is 628 g/mol. The number of aliphatic carboxylic acids is 1. The normalized spacial score (nSPS) is 14.3. The molecule has 1 aliphatic rings. The highest BCUT2D eigenvalue weighted by Crippen LogP contribution is 2.30. The molecule has 4 heterocycles. The van der Waals surface area contributed by atoms with Crippen LogP contribution < -0.4 is 14.9 Å². The van der Waals surface area contributed by atoms with Crippen LogP contribution in [0, 0.1) is 11.6 Å². The molecule has 0 atom stereocenters. The molecule has 12 nitrogen and oxygen atoms in total. The van der Waals surface area contributed by atoms with Gasteiger partial charge < -0.3 is 20.3 Å². The Morgan fingerprint density at radius 1 is 1.11 bits per heavy atom. The smallest absolute Gasteiger partial charge is 0.317 e. The van der Waals surface area contributed by atoms with Crippen molar-refractivity contribution in [3.8, 4) is 11.1 Å². The Bertz CT molecular complexity index is 1810. The zero-order valence-corrected chi connectivity index (χ0v) is 24.8. The van der Waals surface area contributed by atoms with Crippen molar-refractivity contribution in [1.29, 1.82) is 0 Å². The van der Waals surface area contributed by atoms with E-state index >= 15 is 4.39 Å². The van der Waals surface area contributed by atoms with Crippen molar-refractivity contribution in [2.45, 2.75) is 25.8 Å². The number of benzene rings is 1. The van der Waals surface area contributed by atoms with Crippen LogP contribution >= 0.6 is 0 Å². The van der Waals surface area contributed by atoms with Crippen LogP contribution in [0.4, 0.5) is 20.3 Å². The number of carboxylic acid groups (broad SMARTS) is 1. The number of nitrogens with one attached hydrogen (secondary N) is 3. The van der Waals surface area contributed by atoms with Gasteiger partial charge in [0.05, 0.1) is 17.8 Å². The lowest BCUT2D eigenvalue weighted by molar-refractivity contribution is -0.136. The Hall–Kier alpha value is -4.47. The molecule has 232 valence electrons. The molecule has 15 heteroatoms. The number of fused-ring (bicyclic) bond motifs is 1. The highest BCUT2D eigenvalue weighted by Gasteiger charge is 2.27. The highest BCUT2D eigenvalue weighted by atomic mass is 32.2. The van der Waals surface area contributed by atoms with Crippen LogP contribution in [0.2, 0.25) is 0 Å². The van der Waals surface area contributed by atoms with Crippen LogP contribution in [-0.4, -0.2) is 83.8 Å². The van der Waals surface area contributed by atoms with E-state index in [0.29, 0.717) is 22.2 Å². The molecule has 1 aromatic carbocycles. The molecular weight excluding hydrogens is 596 g/mol. The van der Waals surface area contributed by atoms with Gasteiger partial charge in [-0.2, -0.15) is 12.7 Å². The molecular formula is C29H31F2N7O5S. The number of carboxylic acids is 1. The third-order valence-electron chi connectivity index (χ3n) is 7.63. The number of aromatic nitrogens is 3. The fourth-order valence-corrected chi connectivity index (χ4v) is 5.93. The maximum absolute atomic E-state index is 15.4. The number of H-pyrrole nitrogens is 1. The van der Waals surface area contributed by atoms with Gasteiger partial charge in [0.25, 0.3) is 0 Å². The number of rotatable bonds is 11. The number of carbonyl (C=O) groups is 2. The van der Waals surface area contributed by atoms with Crippen LogP contribution in [0.1, 0.15) is 35.7 Å². The first kappa shape index (κ1) is 31.0. The Labute approximate surface area is 252 Å². The zero-order valence-electron chi connectivity index (χ0n) is 24.0. The third kappa shape index (κ3) is 6.39. The van der Waals surface area contributed by atoms with E-state index in [4.69, 9.17) is 5.11 Å². The fourth-order valence-electron chi connectivity index (χ4n) is 5.00. The SMILES string of the molecule is CCN(C)S(=O)(=O)Nc1ccc(F)c(C(=O)c2c[nH]c3ncc(-c4ccc(N5CCC(NCC(=O)O)CC5)nc4)cc23)c1F. The molecule has 0 bridgehead atoms. The zero-order chi connectivity index (χ0) is 31.6. The quantitative estimate of drug-likeness (QED) is 0.183. The van der Waals surface area contributed by atoms with Gasteiger partial charge in [0, 0.05) is 73.4 Å². The number of carbonyl (C=O) groups excluding carboxylic acids is 1. The predicted molar refractivity (Wildman–Crippen MR) is 161 cm³/mol. The van der Waals surface area contributed by atoms with Gasteiger partial charge in [-0.3, -0.25) is 14.3 Å². The molecule has 0 aliphatic carbocycles. The second kappa shape index (κ2) is 12.6. The Balaban J connectivity index is 1.37. The van der Waals surface area contributed by atoms with Crippen molar-refractivity contribution in [3.63, 3.8) is 0 Å². The standard InChI is InChI=1S/C29H31F2N7O5S/c1-3-37(2)44(42,43)36-23-6-5-22(30)26(27(23)31)28(41)21-15-35-29-20(21)12-18(14-34-29)17-4-7-24(33-13-17)38-10-8-19(9-11-38)32-16-25(39)40/h4-7,12-15,19,32,36H,3,8-11,16H2,1-2H3,(H,34,35)(H,39,40). The van der Waals surface area contributed by atoms with Crippen molar-refractivity contribution in [2.24, 2.45) is 0 Å². The highest BCUT2D eigenvalue weighted by molar-refractivity contribution is 7.90. The number of aromatic amines is 1. The first-order valence-corrected chi connectivity index (χ1v) is 15.3. The summed E-state index contributed by atoms with van der Waals surface area (Å²) in [5.41, 5.74) is 0.149. The van der Waals surface area contributed by atoms with E-state index in [1.807, 2.05) is 12.1 Å². The first-order chi connectivity index (χ1) is 21.0. The summed E-state index contributed by atoms with van der Waals surface area (Å²) in [4.78, 5) is 38.2. The minimum absolute atomic E-state index is 0.0400. The number of piperidine rings is 1. The van der Waals surface area contributed by atoms with E-state index in [9.17, 15) is 22.4 Å². The molecule has 1 aliphatic heterocycles. The van der Waals surface area contributed by atoms with Crippen LogP contribution in [-0.2, 0) is 15.0 Å². The predicted octanol–water partition coefficient (Wildman–Crippen LogP) is 3.39. The van der Waals surface area contributed by atoms with Gasteiger partial charge in [0.1, 0.15) is 17.3 Å². The van der Waals surface area contributed by atoms with E-state index in [0.717, 1.165) is 48.2 Å². The molecule has 1 fully saturated rings. The van der Waals surface area contributed by atoms with E-state index in [1.54, 1.807) is 25.4 Å². The Kier molecular flexibility index (Phi) is 8.90. The van der Waals surface area contributed by atoms with Crippen molar-refractivity contribution in [1.82, 2.24) is 24.6 Å². The molecule has 4 aromatic rings. The van der Waals surface area contributed by atoms with Gasteiger partial charge >= 0.3 is 16.2 Å². The maximum atomic E-state index is 15.4. The van der Waals surface area contributed by atoms with Gasteiger partial charge in [-0.05, 0) is 43.2 Å². The molecule has 5 rings (SSSR count). The summed E-state index contributed by atoms with van der Waals surface area (Å²) in [6.07, 6.45) is 6.13. The number of hydrogen-bond donors (Lipinski definition) is 4. The molecule has 0 spiro atoms. The van der Waals surface area contributed by atoms with E-state index in [-0.39, 0.29) is 24.7 Å². The summed E-state index contributed by atoms with van der Waals surface area (Å²) < 4.78 is 58.1. The van der Waals surface area contributed by atoms with E-state index in [2.05, 4.69) is 29.9 Å². The molecule has 44 heavy (non-hydrogen) atoms. The Morgan fingerprint density at radius 3 is 2.50 bits per heavy atom. The molecule has 3 aromatic heterocycles. The second-order valence-corrected chi connectivity index (χ2v) is 12.2. The van der Waals surface area contributed by atoms with Gasteiger partial charge in [-0.15, -0.1) is 0 Å². The van der Waals surface area contributed by atoms with Crippen LogP contribution in [0.3, 0.4) is 0 Å². The molecule has 0 radical (unpaired) electrons. The topological polar surface area (TPSA) is 161 Å². The van der Waals surface area contributed by atoms with Gasteiger partial charge in [0.2, 0.25) is 5.78 Å². The van der Waals surface area contributed by atoms with E-state index < -0.39 is 44.8 Å².